The van der Waals surface area contributed by atoms with Gasteiger partial charge in [0.1, 0.15) is 5.75 Å². The average Bonchev–Trinajstić information content (AvgIpc) is 2.34. The van der Waals surface area contributed by atoms with Gasteiger partial charge in [0.2, 0.25) is 0 Å². The number of carbonyl (C=O) groups is 2. The standard InChI is InChI=1S/C14H12O3/c1-2-17-14-6-4-3-5-11(14)12-9-10(15)7-8-13(12)16/h3-9H,2H2,1H3. The zero-order valence-electron chi connectivity index (χ0n) is 9.47. The van der Waals surface area contributed by atoms with E-state index < -0.39 is 0 Å². The number of hydrogen-bond donors (Lipinski definition) is 0. The number of rotatable bonds is 3. The molecule has 0 fully saturated rings. The Balaban J connectivity index is 2.46. The molecule has 86 valence electrons. The van der Waals surface area contributed by atoms with Crippen molar-refractivity contribution in [2.75, 3.05) is 6.61 Å². The van der Waals surface area contributed by atoms with Crippen LogP contribution in [0.3, 0.4) is 0 Å². The van der Waals surface area contributed by atoms with Crippen LogP contribution in [0.5, 0.6) is 5.75 Å². The van der Waals surface area contributed by atoms with Crippen molar-refractivity contribution in [1.29, 1.82) is 0 Å². The first-order valence-corrected chi connectivity index (χ1v) is 5.42. The largest absolute Gasteiger partial charge is 0.493 e. The third-order valence-electron chi connectivity index (χ3n) is 2.43. The van der Waals surface area contributed by atoms with E-state index in [0.29, 0.717) is 23.5 Å². The van der Waals surface area contributed by atoms with Crippen LogP contribution < -0.4 is 4.74 Å². The van der Waals surface area contributed by atoms with Crippen LogP contribution >= 0.6 is 0 Å². The van der Waals surface area contributed by atoms with Gasteiger partial charge in [-0.05, 0) is 31.2 Å². The molecule has 0 saturated carbocycles. The molecule has 0 spiro atoms. The number of ether oxygens (including phenoxy) is 1. The first kappa shape index (κ1) is 11.3. The Morgan fingerprint density at radius 2 is 1.88 bits per heavy atom. The van der Waals surface area contributed by atoms with Gasteiger partial charge in [-0.2, -0.15) is 0 Å². The number of carbonyl (C=O) groups excluding carboxylic acids is 2. The van der Waals surface area contributed by atoms with E-state index in [0.717, 1.165) is 0 Å². The van der Waals surface area contributed by atoms with Crippen molar-refractivity contribution in [3.05, 3.63) is 48.1 Å². The Labute approximate surface area is 99.4 Å². The number of hydrogen-bond acceptors (Lipinski definition) is 3. The first-order chi connectivity index (χ1) is 8.22. The number of para-hydroxylation sites is 1. The van der Waals surface area contributed by atoms with Gasteiger partial charge in [0.15, 0.2) is 11.6 Å². The van der Waals surface area contributed by atoms with Crippen molar-refractivity contribution >= 4 is 17.1 Å². The van der Waals surface area contributed by atoms with Crippen LogP contribution in [0, 0.1) is 0 Å². The minimum atomic E-state index is -0.175. The molecule has 2 rings (SSSR count). The van der Waals surface area contributed by atoms with E-state index in [1.807, 2.05) is 19.1 Å². The molecule has 0 N–H and O–H groups in total. The number of allylic oxidation sites excluding steroid dienone is 4. The van der Waals surface area contributed by atoms with Crippen LogP contribution in [0.15, 0.2) is 42.5 Å². The van der Waals surface area contributed by atoms with Crippen molar-refractivity contribution in [3.8, 4) is 5.75 Å². The van der Waals surface area contributed by atoms with Crippen molar-refractivity contribution in [3.63, 3.8) is 0 Å². The maximum Gasteiger partial charge on any atom is 0.186 e. The molecule has 1 aromatic rings. The Bertz CT molecular complexity index is 524. The van der Waals surface area contributed by atoms with Gasteiger partial charge in [-0.15, -0.1) is 0 Å². The molecule has 3 heteroatoms. The average molecular weight is 228 g/mol. The summed E-state index contributed by atoms with van der Waals surface area (Å²) in [6.07, 6.45) is 3.91. The highest BCUT2D eigenvalue weighted by Crippen LogP contribution is 2.28. The molecule has 1 aliphatic rings. The number of ketones is 2. The SMILES string of the molecule is CCOc1ccccc1C1=CC(=O)C=CC1=O. The molecule has 0 saturated heterocycles. The molecule has 0 heterocycles. The molecule has 1 aliphatic carbocycles. The van der Waals surface area contributed by atoms with E-state index in [1.165, 1.54) is 18.2 Å². The lowest BCUT2D eigenvalue weighted by molar-refractivity contribution is -0.113. The van der Waals surface area contributed by atoms with E-state index in [4.69, 9.17) is 4.74 Å². The number of benzene rings is 1. The summed E-state index contributed by atoms with van der Waals surface area (Å²) in [6, 6.07) is 7.21. The molecule has 0 aliphatic heterocycles. The molecule has 0 bridgehead atoms. The summed E-state index contributed by atoms with van der Waals surface area (Å²) >= 11 is 0. The molecule has 0 unspecified atom stereocenters. The second-order valence-corrected chi connectivity index (χ2v) is 3.59. The molecule has 0 atom stereocenters. The topological polar surface area (TPSA) is 43.4 Å². The third kappa shape index (κ3) is 2.33. The summed E-state index contributed by atoms with van der Waals surface area (Å²) in [4.78, 5) is 23.0. The summed E-state index contributed by atoms with van der Waals surface area (Å²) in [5, 5.41) is 0. The molecule has 17 heavy (non-hydrogen) atoms. The molecule has 3 nitrogen and oxygen atoms in total. The van der Waals surface area contributed by atoms with Crippen molar-refractivity contribution in [2.24, 2.45) is 0 Å². The second-order valence-electron chi connectivity index (χ2n) is 3.59. The van der Waals surface area contributed by atoms with Gasteiger partial charge in [-0.3, -0.25) is 9.59 Å². The smallest absolute Gasteiger partial charge is 0.186 e. The fourth-order valence-corrected chi connectivity index (χ4v) is 1.69. The lowest BCUT2D eigenvalue weighted by atomic mass is 9.96. The molecule has 1 aromatic carbocycles. The second kappa shape index (κ2) is 4.78. The minimum absolute atomic E-state index is 0.170. The van der Waals surface area contributed by atoms with Crippen LogP contribution in [0.4, 0.5) is 0 Å². The van der Waals surface area contributed by atoms with Gasteiger partial charge < -0.3 is 4.74 Å². The predicted molar refractivity (Wildman–Crippen MR) is 64.7 cm³/mol. The zero-order chi connectivity index (χ0) is 12.3. The van der Waals surface area contributed by atoms with Crippen LogP contribution in [0.25, 0.3) is 5.57 Å². The van der Waals surface area contributed by atoms with Crippen LogP contribution in [-0.4, -0.2) is 18.2 Å². The van der Waals surface area contributed by atoms with Gasteiger partial charge in [-0.1, -0.05) is 18.2 Å². The molecule has 0 aromatic heterocycles. The van der Waals surface area contributed by atoms with E-state index >= 15 is 0 Å². The monoisotopic (exact) mass is 228 g/mol. The summed E-state index contributed by atoms with van der Waals surface area (Å²) in [5.74, 6) is 0.278. The molecular formula is C14H12O3. The predicted octanol–water partition coefficient (Wildman–Crippen LogP) is 2.18. The van der Waals surface area contributed by atoms with Crippen LogP contribution in [0.2, 0.25) is 0 Å². The lowest BCUT2D eigenvalue weighted by Gasteiger charge is -2.12. The zero-order valence-corrected chi connectivity index (χ0v) is 9.47. The van der Waals surface area contributed by atoms with Gasteiger partial charge >= 0.3 is 0 Å². The highest BCUT2D eigenvalue weighted by atomic mass is 16.5. The Morgan fingerprint density at radius 3 is 2.65 bits per heavy atom. The normalized spacial score (nSPS) is 14.8. The summed E-state index contributed by atoms with van der Waals surface area (Å²) in [7, 11) is 0. The maximum absolute atomic E-state index is 11.7. The van der Waals surface area contributed by atoms with Crippen molar-refractivity contribution < 1.29 is 14.3 Å². The van der Waals surface area contributed by atoms with Crippen molar-refractivity contribution in [1.82, 2.24) is 0 Å². The van der Waals surface area contributed by atoms with Gasteiger partial charge in [-0.25, -0.2) is 0 Å². The van der Waals surface area contributed by atoms with E-state index in [1.54, 1.807) is 12.1 Å². The van der Waals surface area contributed by atoms with Crippen LogP contribution in [0.1, 0.15) is 12.5 Å². The maximum atomic E-state index is 11.7. The Morgan fingerprint density at radius 1 is 1.12 bits per heavy atom. The van der Waals surface area contributed by atoms with Gasteiger partial charge in [0, 0.05) is 11.1 Å². The van der Waals surface area contributed by atoms with E-state index in [-0.39, 0.29) is 11.6 Å². The van der Waals surface area contributed by atoms with E-state index in [2.05, 4.69) is 0 Å². The summed E-state index contributed by atoms with van der Waals surface area (Å²) < 4.78 is 5.45. The summed E-state index contributed by atoms with van der Waals surface area (Å²) in [5.41, 5.74) is 1.05. The lowest BCUT2D eigenvalue weighted by Crippen LogP contribution is -2.08. The van der Waals surface area contributed by atoms with Crippen LogP contribution in [-0.2, 0) is 9.59 Å². The quantitative estimate of drug-likeness (QED) is 0.745. The van der Waals surface area contributed by atoms with Crippen molar-refractivity contribution in [2.45, 2.75) is 6.92 Å². The fraction of sp³-hybridized carbons (Fsp3) is 0.143. The fourth-order valence-electron chi connectivity index (χ4n) is 1.69. The summed E-state index contributed by atoms with van der Waals surface area (Å²) in [6.45, 7) is 2.39. The Hall–Kier alpha value is -2.16. The molecule has 0 radical (unpaired) electrons. The Kier molecular flexibility index (Phi) is 3.19. The first-order valence-electron chi connectivity index (χ1n) is 5.42. The highest BCUT2D eigenvalue weighted by molar-refractivity contribution is 6.34. The van der Waals surface area contributed by atoms with Gasteiger partial charge in [0.05, 0.1) is 6.61 Å². The molecule has 0 amide bonds. The van der Waals surface area contributed by atoms with E-state index in [9.17, 15) is 9.59 Å². The van der Waals surface area contributed by atoms with Gasteiger partial charge in [0.25, 0.3) is 0 Å². The minimum Gasteiger partial charge on any atom is -0.493 e. The highest BCUT2D eigenvalue weighted by Gasteiger charge is 2.18. The molecular weight excluding hydrogens is 216 g/mol. The third-order valence-corrected chi connectivity index (χ3v) is 2.43.